The van der Waals surface area contributed by atoms with Gasteiger partial charge in [-0.15, -0.1) is 0 Å². The molecule has 5 heteroatoms. The summed E-state index contributed by atoms with van der Waals surface area (Å²) >= 11 is 6.13. The van der Waals surface area contributed by atoms with E-state index in [0.29, 0.717) is 6.04 Å². The SMILES string of the molecule is COc1cc(NC(C)CCCN(C)C)c2nc3ccc(Cl)cc3cc2c1. The molecule has 0 fully saturated rings. The maximum atomic E-state index is 6.13. The van der Waals surface area contributed by atoms with Crippen LogP contribution >= 0.6 is 11.6 Å². The molecule has 138 valence electrons. The number of fused-ring (bicyclic) bond motifs is 2. The van der Waals surface area contributed by atoms with Crippen molar-refractivity contribution in [3.8, 4) is 5.75 Å². The summed E-state index contributed by atoms with van der Waals surface area (Å²) in [6, 6.07) is 12.3. The lowest BCUT2D eigenvalue weighted by molar-refractivity contribution is 0.390. The molecule has 0 amide bonds. The van der Waals surface area contributed by atoms with Crippen LogP contribution in [-0.2, 0) is 0 Å². The van der Waals surface area contributed by atoms with Crippen LogP contribution in [0.1, 0.15) is 19.8 Å². The van der Waals surface area contributed by atoms with Crippen molar-refractivity contribution in [2.24, 2.45) is 0 Å². The summed E-state index contributed by atoms with van der Waals surface area (Å²) in [5.41, 5.74) is 2.91. The summed E-state index contributed by atoms with van der Waals surface area (Å²) in [6.07, 6.45) is 2.25. The average molecular weight is 372 g/mol. The third kappa shape index (κ3) is 4.37. The second-order valence-corrected chi connectivity index (χ2v) is 7.50. The molecule has 0 aliphatic carbocycles. The third-order valence-electron chi connectivity index (χ3n) is 4.53. The lowest BCUT2D eigenvalue weighted by Crippen LogP contribution is -2.19. The van der Waals surface area contributed by atoms with Gasteiger partial charge in [-0.2, -0.15) is 0 Å². The number of benzene rings is 2. The van der Waals surface area contributed by atoms with Gasteiger partial charge in [0.1, 0.15) is 5.75 Å². The minimum absolute atomic E-state index is 0.355. The van der Waals surface area contributed by atoms with Crippen LogP contribution in [0.25, 0.3) is 21.8 Å². The van der Waals surface area contributed by atoms with Crippen molar-refractivity contribution in [1.29, 1.82) is 0 Å². The van der Waals surface area contributed by atoms with E-state index in [-0.39, 0.29) is 0 Å². The predicted molar refractivity (Wildman–Crippen MR) is 112 cm³/mol. The molecule has 0 bridgehead atoms. The summed E-state index contributed by atoms with van der Waals surface area (Å²) in [5, 5.41) is 6.41. The molecule has 3 aromatic rings. The Labute approximate surface area is 160 Å². The highest BCUT2D eigenvalue weighted by Crippen LogP contribution is 2.32. The topological polar surface area (TPSA) is 37.4 Å². The number of rotatable bonds is 7. The van der Waals surface area contributed by atoms with Gasteiger partial charge < -0.3 is 15.0 Å². The first-order chi connectivity index (χ1) is 12.5. The minimum Gasteiger partial charge on any atom is -0.497 e. The zero-order valence-electron chi connectivity index (χ0n) is 15.8. The first kappa shape index (κ1) is 18.7. The number of aromatic nitrogens is 1. The van der Waals surface area contributed by atoms with Gasteiger partial charge in [0.2, 0.25) is 0 Å². The molecule has 3 rings (SSSR count). The monoisotopic (exact) mass is 371 g/mol. The molecule has 1 atom stereocenters. The first-order valence-corrected chi connectivity index (χ1v) is 9.33. The van der Waals surface area contributed by atoms with Gasteiger partial charge in [0.25, 0.3) is 0 Å². The van der Waals surface area contributed by atoms with E-state index in [4.69, 9.17) is 21.3 Å². The van der Waals surface area contributed by atoms with Crippen LogP contribution in [0.15, 0.2) is 36.4 Å². The van der Waals surface area contributed by atoms with Gasteiger partial charge in [0, 0.05) is 27.9 Å². The lowest BCUT2D eigenvalue weighted by Gasteiger charge is -2.19. The quantitative estimate of drug-likeness (QED) is 0.580. The molecule has 26 heavy (non-hydrogen) atoms. The number of methoxy groups -OCH3 is 1. The number of nitrogens with zero attached hydrogens (tertiary/aromatic N) is 2. The van der Waals surface area contributed by atoms with Crippen LogP contribution in [0.5, 0.6) is 5.75 Å². The fraction of sp³-hybridized carbons (Fsp3) is 0.381. The Kier molecular flexibility index (Phi) is 5.84. The number of ether oxygens (including phenoxy) is 1. The van der Waals surface area contributed by atoms with Crippen LogP contribution in [0.2, 0.25) is 5.02 Å². The number of pyridine rings is 1. The zero-order chi connectivity index (χ0) is 18.7. The van der Waals surface area contributed by atoms with Gasteiger partial charge in [0.05, 0.1) is 23.8 Å². The van der Waals surface area contributed by atoms with E-state index >= 15 is 0 Å². The minimum atomic E-state index is 0.355. The molecular weight excluding hydrogens is 346 g/mol. The Bertz CT molecular complexity index is 911. The highest BCUT2D eigenvalue weighted by molar-refractivity contribution is 6.31. The number of halogens is 1. The van der Waals surface area contributed by atoms with E-state index in [0.717, 1.165) is 57.7 Å². The summed E-state index contributed by atoms with van der Waals surface area (Å²) in [6.45, 7) is 3.30. The lowest BCUT2D eigenvalue weighted by atomic mass is 10.1. The Morgan fingerprint density at radius 3 is 2.69 bits per heavy atom. The number of nitrogens with one attached hydrogen (secondary N) is 1. The van der Waals surface area contributed by atoms with Gasteiger partial charge >= 0.3 is 0 Å². The van der Waals surface area contributed by atoms with Crippen LogP contribution < -0.4 is 10.1 Å². The molecule has 1 aromatic heterocycles. The number of hydrogen-bond donors (Lipinski definition) is 1. The molecule has 4 nitrogen and oxygen atoms in total. The fourth-order valence-electron chi connectivity index (χ4n) is 3.17. The largest absolute Gasteiger partial charge is 0.497 e. The van der Waals surface area contributed by atoms with Crippen LogP contribution in [0.4, 0.5) is 5.69 Å². The second-order valence-electron chi connectivity index (χ2n) is 7.06. The molecular formula is C21H26ClN3O. The standard InChI is InChI=1S/C21H26ClN3O/c1-14(6-5-9-25(2)3)23-20-13-18(26-4)12-16-10-15-11-17(22)7-8-19(15)24-21(16)20/h7-8,10-14,23H,5-6,9H2,1-4H3. The van der Waals surface area contributed by atoms with E-state index in [1.54, 1.807) is 7.11 Å². The van der Waals surface area contributed by atoms with Crippen LogP contribution in [0, 0.1) is 0 Å². The van der Waals surface area contributed by atoms with E-state index in [9.17, 15) is 0 Å². The van der Waals surface area contributed by atoms with Crippen molar-refractivity contribution in [3.05, 3.63) is 41.4 Å². The molecule has 0 radical (unpaired) electrons. The Hall–Kier alpha value is -2.04. The summed E-state index contributed by atoms with van der Waals surface area (Å²) in [7, 11) is 5.90. The van der Waals surface area contributed by atoms with Gasteiger partial charge in [0.15, 0.2) is 0 Å². The van der Waals surface area contributed by atoms with Crippen LogP contribution in [-0.4, -0.2) is 43.7 Å². The fourth-order valence-corrected chi connectivity index (χ4v) is 3.35. The smallest absolute Gasteiger partial charge is 0.121 e. The van der Waals surface area contributed by atoms with Crippen molar-refractivity contribution in [2.45, 2.75) is 25.8 Å². The molecule has 0 saturated heterocycles. The molecule has 0 aliphatic heterocycles. The average Bonchev–Trinajstić information content (AvgIpc) is 2.59. The van der Waals surface area contributed by atoms with E-state index in [2.05, 4.69) is 37.3 Å². The maximum absolute atomic E-state index is 6.13. The Morgan fingerprint density at radius 1 is 1.15 bits per heavy atom. The van der Waals surface area contributed by atoms with Crippen molar-refractivity contribution in [2.75, 3.05) is 33.1 Å². The third-order valence-corrected chi connectivity index (χ3v) is 4.76. The van der Waals surface area contributed by atoms with Gasteiger partial charge in [-0.3, -0.25) is 0 Å². The molecule has 1 N–H and O–H groups in total. The van der Waals surface area contributed by atoms with Gasteiger partial charge in [-0.1, -0.05) is 11.6 Å². The zero-order valence-corrected chi connectivity index (χ0v) is 16.6. The number of anilines is 1. The van der Waals surface area contributed by atoms with Crippen molar-refractivity contribution in [1.82, 2.24) is 9.88 Å². The molecule has 1 unspecified atom stereocenters. The Balaban J connectivity index is 1.96. The summed E-state index contributed by atoms with van der Waals surface area (Å²) in [5.74, 6) is 0.823. The van der Waals surface area contributed by atoms with E-state index < -0.39 is 0 Å². The highest BCUT2D eigenvalue weighted by Gasteiger charge is 2.11. The predicted octanol–water partition coefficient (Wildman–Crippen LogP) is 5.19. The molecule has 0 aliphatic rings. The molecule has 1 heterocycles. The maximum Gasteiger partial charge on any atom is 0.121 e. The normalized spacial score (nSPS) is 12.7. The Morgan fingerprint density at radius 2 is 1.96 bits per heavy atom. The molecule has 0 saturated carbocycles. The van der Waals surface area contributed by atoms with Gasteiger partial charge in [-0.05, 0) is 70.7 Å². The summed E-state index contributed by atoms with van der Waals surface area (Å²) in [4.78, 5) is 7.09. The second kappa shape index (κ2) is 8.11. The van der Waals surface area contributed by atoms with E-state index in [1.807, 2.05) is 30.3 Å². The highest BCUT2D eigenvalue weighted by atomic mass is 35.5. The van der Waals surface area contributed by atoms with Crippen LogP contribution in [0.3, 0.4) is 0 Å². The van der Waals surface area contributed by atoms with Gasteiger partial charge in [-0.25, -0.2) is 4.98 Å². The number of hydrogen-bond acceptors (Lipinski definition) is 4. The molecule has 0 spiro atoms. The van der Waals surface area contributed by atoms with Crippen molar-refractivity contribution < 1.29 is 4.74 Å². The summed E-state index contributed by atoms with van der Waals surface area (Å²) < 4.78 is 5.49. The van der Waals surface area contributed by atoms with Crippen molar-refractivity contribution in [3.63, 3.8) is 0 Å². The van der Waals surface area contributed by atoms with E-state index in [1.165, 1.54) is 0 Å². The molecule has 2 aromatic carbocycles. The van der Waals surface area contributed by atoms with Crippen molar-refractivity contribution >= 4 is 39.1 Å². The first-order valence-electron chi connectivity index (χ1n) is 8.95.